The van der Waals surface area contributed by atoms with Crippen LogP contribution >= 0.6 is 11.6 Å². The molecular formula is C21H26ClN7O. The standard InChI is InChI=1S/C21H26ClN7O/c1-3-7-23-19(30)14-27-8-10-28(11-9-27)20-18-13-24-29(21(18)26-15(2)25-20)17-6-4-5-16(22)12-17/h4-6,12-13H,3,7-11,14H2,1-2H3,(H,23,30). The van der Waals surface area contributed by atoms with Crippen molar-refractivity contribution in [2.24, 2.45) is 0 Å². The van der Waals surface area contributed by atoms with E-state index in [1.54, 1.807) is 4.68 Å². The smallest absolute Gasteiger partial charge is 0.234 e. The number of aromatic nitrogens is 4. The SMILES string of the molecule is CCCNC(=O)CN1CCN(c2nc(C)nc3c2cnn3-c2cccc(Cl)c2)CC1. The third kappa shape index (κ3) is 4.39. The molecule has 0 bridgehead atoms. The molecule has 4 rings (SSSR count). The van der Waals surface area contributed by atoms with Gasteiger partial charge in [-0.3, -0.25) is 9.69 Å². The van der Waals surface area contributed by atoms with E-state index in [1.165, 1.54) is 0 Å². The highest BCUT2D eigenvalue weighted by Crippen LogP contribution is 2.27. The first-order chi connectivity index (χ1) is 14.5. The van der Waals surface area contributed by atoms with Crippen LogP contribution in [0.3, 0.4) is 0 Å². The monoisotopic (exact) mass is 427 g/mol. The summed E-state index contributed by atoms with van der Waals surface area (Å²) in [6.45, 7) is 8.35. The van der Waals surface area contributed by atoms with E-state index in [9.17, 15) is 4.79 Å². The van der Waals surface area contributed by atoms with Crippen LogP contribution in [0.2, 0.25) is 5.02 Å². The summed E-state index contributed by atoms with van der Waals surface area (Å²) in [5, 5.41) is 9.06. The number of fused-ring (bicyclic) bond motifs is 1. The Hall–Kier alpha value is -2.71. The summed E-state index contributed by atoms with van der Waals surface area (Å²) in [7, 11) is 0. The number of carbonyl (C=O) groups excluding carboxylic acids is 1. The molecule has 1 saturated heterocycles. The number of hydrogen-bond acceptors (Lipinski definition) is 6. The van der Waals surface area contributed by atoms with Crippen LogP contribution in [-0.4, -0.2) is 69.8 Å². The highest BCUT2D eigenvalue weighted by Gasteiger charge is 2.23. The summed E-state index contributed by atoms with van der Waals surface area (Å²) in [4.78, 5) is 25.8. The minimum absolute atomic E-state index is 0.0911. The maximum atomic E-state index is 12.0. The highest BCUT2D eigenvalue weighted by atomic mass is 35.5. The number of rotatable bonds is 6. The topological polar surface area (TPSA) is 79.2 Å². The first-order valence-electron chi connectivity index (χ1n) is 10.3. The van der Waals surface area contributed by atoms with E-state index in [4.69, 9.17) is 16.6 Å². The van der Waals surface area contributed by atoms with E-state index < -0.39 is 0 Å². The maximum absolute atomic E-state index is 12.0. The van der Waals surface area contributed by atoms with Crippen LogP contribution in [0, 0.1) is 6.92 Å². The highest BCUT2D eigenvalue weighted by molar-refractivity contribution is 6.30. The van der Waals surface area contributed by atoms with Gasteiger partial charge in [0.2, 0.25) is 5.91 Å². The van der Waals surface area contributed by atoms with Crippen molar-refractivity contribution in [1.29, 1.82) is 0 Å². The minimum Gasteiger partial charge on any atom is -0.355 e. The van der Waals surface area contributed by atoms with Crippen molar-refractivity contribution >= 4 is 34.4 Å². The van der Waals surface area contributed by atoms with Crippen LogP contribution < -0.4 is 10.2 Å². The number of carbonyl (C=O) groups is 1. The number of benzene rings is 1. The molecule has 1 amide bonds. The Labute approximate surface area is 180 Å². The molecule has 8 nitrogen and oxygen atoms in total. The molecule has 30 heavy (non-hydrogen) atoms. The van der Waals surface area contributed by atoms with Gasteiger partial charge in [0, 0.05) is 37.7 Å². The molecule has 0 saturated carbocycles. The van der Waals surface area contributed by atoms with Crippen LogP contribution in [-0.2, 0) is 4.79 Å². The number of piperazine rings is 1. The van der Waals surface area contributed by atoms with E-state index in [-0.39, 0.29) is 5.91 Å². The molecule has 0 unspecified atom stereocenters. The molecule has 1 aromatic carbocycles. The number of aryl methyl sites for hydroxylation is 1. The van der Waals surface area contributed by atoms with Crippen LogP contribution in [0.4, 0.5) is 5.82 Å². The Morgan fingerprint density at radius 2 is 2.00 bits per heavy atom. The third-order valence-electron chi connectivity index (χ3n) is 5.18. The lowest BCUT2D eigenvalue weighted by atomic mass is 10.2. The second-order valence-corrected chi connectivity index (χ2v) is 7.92. The van der Waals surface area contributed by atoms with Gasteiger partial charge in [-0.1, -0.05) is 24.6 Å². The van der Waals surface area contributed by atoms with Crippen LogP contribution in [0.15, 0.2) is 30.5 Å². The van der Waals surface area contributed by atoms with Gasteiger partial charge in [0.1, 0.15) is 11.6 Å². The molecule has 9 heteroatoms. The Kier molecular flexibility index (Phi) is 6.15. The maximum Gasteiger partial charge on any atom is 0.234 e. The fourth-order valence-electron chi connectivity index (χ4n) is 3.68. The predicted octanol–water partition coefficient (Wildman–Crippen LogP) is 2.43. The lowest BCUT2D eigenvalue weighted by molar-refractivity contribution is -0.122. The van der Waals surface area contributed by atoms with Crippen molar-refractivity contribution in [2.75, 3.05) is 44.2 Å². The molecule has 3 heterocycles. The summed E-state index contributed by atoms with van der Waals surface area (Å²) in [6, 6.07) is 7.56. The Bertz CT molecular complexity index is 1040. The van der Waals surface area contributed by atoms with Crippen LogP contribution in [0.1, 0.15) is 19.2 Å². The van der Waals surface area contributed by atoms with Crippen LogP contribution in [0.5, 0.6) is 0 Å². The number of nitrogens with one attached hydrogen (secondary N) is 1. The van der Waals surface area contributed by atoms with Gasteiger partial charge in [-0.25, -0.2) is 14.6 Å². The molecule has 0 atom stereocenters. The van der Waals surface area contributed by atoms with E-state index in [1.807, 2.05) is 37.4 Å². The molecule has 158 valence electrons. The molecule has 0 spiro atoms. The molecule has 2 aromatic heterocycles. The molecule has 1 aliphatic rings. The van der Waals surface area contributed by atoms with E-state index in [0.717, 1.165) is 61.7 Å². The summed E-state index contributed by atoms with van der Waals surface area (Å²) in [6.07, 6.45) is 2.76. The average Bonchev–Trinajstić information content (AvgIpc) is 3.16. The van der Waals surface area contributed by atoms with Gasteiger partial charge < -0.3 is 10.2 Å². The van der Waals surface area contributed by atoms with Gasteiger partial charge in [0.25, 0.3) is 0 Å². The minimum atomic E-state index is 0.0911. The van der Waals surface area contributed by atoms with Crippen molar-refractivity contribution < 1.29 is 4.79 Å². The third-order valence-corrected chi connectivity index (χ3v) is 5.42. The summed E-state index contributed by atoms with van der Waals surface area (Å²) in [5.41, 5.74) is 1.63. The van der Waals surface area contributed by atoms with E-state index in [0.29, 0.717) is 17.4 Å². The summed E-state index contributed by atoms with van der Waals surface area (Å²) < 4.78 is 1.80. The van der Waals surface area contributed by atoms with Gasteiger partial charge in [0.05, 0.1) is 23.8 Å². The van der Waals surface area contributed by atoms with Crippen molar-refractivity contribution in [2.45, 2.75) is 20.3 Å². The van der Waals surface area contributed by atoms with Crippen molar-refractivity contribution in [3.8, 4) is 5.69 Å². The number of nitrogens with zero attached hydrogens (tertiary/aromatic N) is 6. The number of hydrogen-bond donors (Lipinski definition) is 1. The molecule has 0 radical (unpaired) electrons. The molecular weight excluding hydrogens is 402 g/mol. The molecule has 3 aromatic rings. The number of halogens is 1. The molecule has 1 N–H and O–H groups in total. The van der Waals surface area contributed by atoms with Crippen molar-refractivity contribution in [3.05, 3.63) is 41.3 Å². The first-order valence-corrected chi connectivity index (χ1v) is 10.6. The predicted molar refractivity (Wildman–Crippen MR) is 118 cm³/mol. The molecule has 1 aliphatic heterocycles. The zero-order chi connectivity index (χ0) is 21.1. The first kappa shape index (κ1) is 20.6. The van der Waals surface area contributed by atoms with Gasteiger partial charge in [0.15, 0.2) is 5.65 Å². The Morgan fingerprint density at radius 3 is 2.73 bits per heavy atom. The second kappa shape index (κ2) is 8.97. The molecule has 0 aliphatic carbocycles. The Morgan fingerprint density at radius 1 is 1.20 bits per heavy atom. The van der Waals surface area contributed by atoms with E-state index in [2.05, 4.69) is 32.1 Å². The Balaban J connectivity index is 1.53. The average molecular weight is 428 g/mol. The lowest BCUT2D eigenvalue weighted by Gasteiger charge is -2.35. The fourth-order valence-corrected chi connectivity index (χ4v) is 3.86. The van der Waals surface area contributed by atoms with Gasteiger partial charge in [-0.15, -0.1) is 0 Å². The number of anilines is 1. The van der Waals surface area contributed by atoms with E-state index >= 15 is 0 Å². The fraction of sp³-hybridized carbons (Fsp3) is 0.429. The largest absolute Gasteiger partial charge is 0.355 e. The molecule has 1 fully saturated rings. The number of amides is 1. The van der Waals surface area contributed by atoms with Gasteiger partial charge in [-0.05, 0) is 31.5 Å². The summed E-state index contributed by atoms with van der Waals surface area (Å²) >= 11 is 6.16. The zero-order valence-corrected chi connectivity index (χ0v) is 18.1. The van der Waals surface area contributed by atoms with Crippen LogP contribution in [0.25, 0.3) is 16.7 Å². The lowest BCUT2D eigenvalue weighted by Crippen LogP contribution is -2.49. The normalized spacial score (nSPS) is 15.0. The van der Waals surface area contributed by atoms with Gasteiger partial charge >= 0.3 is 0 Å². The van der Waals surface area contributed by atoms with Gasteiger partial charge in [-0.2, -0.15) is 5.10 Å². The van der Waals surface area contributed by atoms with Crippen molar-refractivity contribution in [3.63, 3.8) is 0 Å². The second-order valence-electron chi connectivity index (χ2n) is 7.48. The summed E-state index contributed by atoms with van der Waals surface area (Å²) in [5.74, 6) is 1.68. The van der Waals surface area contributed by atoms with Crippen molar-refractivity contribution in [1.82, 2.24) is 30.0 Å². The zero-order valence-electron chi connectivity index (χ0n) is 17.3. The quantitative estimate of drug-likeness (QED) is 0.650.